The van der Waals surface area contributed by atoms with Crippen LogP contribution in [0.25, 0.3) is 0 Å². The fraction of sp³-hybridized carbons (Fsp3) is 0.462. The van der Waals surface area contributed by atoms with Gasteiger partial charge in [0.15, 0.2) is 0 Å². The summed E-state index contributed by atoms with van der Waals surface area (Å²) >= 11 is 0. The number of benzene rings is 1. The van der Waals surface area contributed by atoms with Crippen LogP contribution in [0.5, 0.6) is 0 Å². The number of hydrogen-bond acceptors (Lipinski definition) is 2. The molecule has 1 aromatic rings. The Morgan fingerprint density at radius 2 is 1.80 bits per heavy atom. The van der Waals surface area contributed by atoms with Crippen LogP contribution in [0.2, 0.25) is 0 Å². The van der Waals surface area contributed by atoms with Crippen molar-refractivity contribution in [2.75, 3.05) is 6.54 Å². The molecule has 0 radical (unpaired) electrons. The van der Waals surface area contributed by atoms with E-state index < -0.39 is 0 Å². The lowest BCUT2D eigenvalue weighted by molar-refractivity contribution is 0.278. The maximum absolute atomic E-state index is 8.44. The van der Waals surface area contributed by atoms with Crippen molar-refractivity contribution in [2.45, 2.75) is 32.4 Å². The summed E-state index contributed by atoms with van der Waals surface area (Å²) in [4.78, 5) is 2.46. The van der Waals surface area contributed by atoms with Crippen molar-refractivity contribution in [1.29, 1.82) is 5.26 Å². The summed E-state index contributed by atoms with van der Waals surface area (Å²) in [6.45, 7) is 3.29. The van der Waals surface area contributed by atoms with Gasteiger partial charge in [0.2, 0.25) is 0 Å². The molecule has 1 aliphatic heterocycles. The molecule has 2 rings (SSSR count). The van der Waals surface area contributed by atoms with Crippen LogP contribution in [0, 0.1) is 11.3 Å². The van der Waals surface area contributed by atoms with Crippen LogP contribution in [0.3, 0.4) is 0 Å². The Morgan fingerprint density at radius 3 is 2.40 bits per heavy atom. The predicted molar refractivity (Wildman–Crippen MR) is 60.0 cm³/mol. The predicted octanol–water partition coefficient (Wildman–Crippen LogP) is 2.70. The SMILES string of the molecule is N#CCCCCN1Cc2ccccc2C1. The molecule has 0 aliphatic carbocycles. The van der Waals surface area contributed by atoms with Crippen LogP contribution < -0.4 is 0 Å². The Morgan fingerprint density at radius 1 is 1.13 bits per heavy atom. The lowest BCUT2D eigenvalue weighted by Crippen LogP contribution is -2.17. The average Bonchev–Trinajstić information content (AvgIpc) is 2.67. The van der Waals surface area contributed by atoms with E-state index in [-0.39, 0.29) is 0 Å². The highest BCUT2D eigenvalue weighted by atomic mass is 15.1. The Kier molecular flexibility index (Phi) is 3.37. The van der Waals surface area contributed by atoms with Gasteiger partial charge in [-0.3, -0.25) is 4.90 Å². The Hall–Kier alpha value is -1.33. The summed E-state index contributed by atoms with van der Waals surface area (Å²) < 4.78 is 0. The van der Waals surface area contributed by atoms with Crippen LogP contribution in [-0.2, 0) is 13.1 Å². The van der Waals surface area contributed by atoms with Gasteiger partial charge in [0.25, 0.3) is 0 Å². The fourth-order valence-corrected chi connectivity index (χ4v) is 2.10. The van der Waals surface area contributed by atoms with E-state index in [2.05, 4.69) is 35.2 Å². The minimum absolute atomic E-state index is 0.695. The summed E-state index contributed by atoms with van der Waals surface area (Å²) in [6, 6.07) is 10.8. The largest absolute Gasteiger partial charge is 0.295 e. The normalized spacial score (nSPS) is 14.9. The number of unbranched alkanes of at least 4 members (excludes halogenated alkanes) is 2. The second-order valence-electron chi connectivity index (χ2n) is 4.09. The van der Waals surface area contributed by atoms with E-state index in [0.717, 1.165) is 32.5 Å². The van der Waals surface area contributed by atoms with Crippen LogP contribution in [0.1, 0.15) is 30.4 Å². The van der Waals surface area contributed by atoms with Gasteiger partial charge in [0.1, 0.15) is 0 Å². The topological polar surface area (TPSA) is 27.0 Å². The average molecular weight is 200 g/mol. The third kappa shape index (κ3) is 2.57. The summed E-state index contributed by atoms with van der Waals surface area (Å²) in [7, 11) is 0. The van der Waals surface area contributed by atoms with Crippen molar-refractivity contribution in [3.63, 3.8) is 0 Å². The van der Waals surface area contributed by atoms with Crippen molar-refractivity contribution < 1.29 is 0 Å². The van der Waals surface area contributed by atoms with Gasteiger partial charge in [0, 0.05) is 19.5 Å². The fourth-order valence-electron chi connectivity index (χ4n) is 2.10. The minimum atomic E-state index is 0.695. The van der Waals surface area contributed by atoms with Gasteiger partial charge in [0.05, 0.1) is 6.07 Å². The van der Waals surface area contributed by atoms with E-state index >= 15 is 0 Å². The highest BCUT2D eigenvalue weighted by molar-refractivity contribution is 5.30. The van der Waals surface area contributed by atoms with Gasteiger partial charge in [-0.25, -0.2) is 0 Å². The standard InChI is InChI=1S/C13H16N2/c14-8-4-1-5-9-15-10-12-6-2-3-7-13(12)11-15/h2-3,6-7H,1,4-5,9-11H2. The van der Waals surface area contributed by atoms with E-state index in [1.807, 2.05) is 0 Å². The molecule has 2 heteroatoms. The van der Waals surface area contributed by atoms with Gasteiger partial charge in [-0.15, -0.1) is 0 Å². The van der Waals surface area contributed by atoms with Crippen molar-refractivity contribution in [3.8, 4) is 6.07 Å². The quantitative estimate of drug-likeness (QED) is 0.699. The van der Waals surface area contributed by atoms with Crippen molar-refractivity contribution in [3.05, 3.63) is 35.4 Å². The number of rotatable bonds is 4. The number of hydrogen-bond donors (Lipinski definition) is 0. The van der Waals surface area contributed by atoms with Gasteiger partial charge >= 0.3 is 0 Å². The molecule has 1 heterocycles. The molecule has 0 saturated heterocycles. The molecule has 0 spiro atoms. The molecule has 15 heavy (non-hydrogen) atoms. The first-order valence-electron chi connectivity index (χ1n) is 5.56. The van der Waals surface area contributed by atoms with Gasteiger partial charge in [-0.1, -0.05) is 24.3 Å². The number of nitriles is 1. The first kappa shape index (κ1) is 10.2. The lowest BCUT2D eigenvalue weighted by Gasteiger charge is -2.13. The molecule has 1 aliphatic rings. The molecule has 2 nitrogen and oxygen atoms in total. The van der Waals surface area contributed by atoms with Gasteiger partial charge in [-0.05, 0) is 30.5 Å². The molecular formula is C13H16N2. The highest BCUT2D eigenvalue weighted by Gasteiger charge is 2.16. The number of fused-ring (bicyclic) bond motifs is 1. The summed E-state index contributed by atoms with van der Waals surface area (Å²) in [6.07, 6.45) is 2.87. The van der Waals surface area contributed by atoms with E-state index in [1.54, 1.807) is 0 Å². The molecule has 0 bridgehead atoms. The van der Waals surface area contributed by atoms with E-state index in [4.69, 9.17) is 5.26 Å². The van der Waals surface area contributed by atoms with Crippen LogP contribution >= 0.6 is 0 Å². The number of nitrogens with zero attached hydrogens (tertiary/aromatic N) is 2. The molecule has 0 saturated carbocycles. The molecule has 0 amide bonds. The Bertz CT molecular complexity index is 340. The maximum Gasteiger partial charge on any atom is 0.0621 e. The van der Waals surface area contributed by atoms with E-state index in [0.29, 0.717) is 6.42 Å². The molecule has 0 atom stereocenters. The second kappa shape index (κ2) is 4.95. The zero-order chi connectivity index (χ0) is 10.5. The molecule has 0 unspecified atom stereocenters. The van der Waals surface area contributed by atoms with Crippen LogP contribution in [0.15, 0.2) is 24.3 Å². The summed E-state index contributed by atoms with van der Waals surface area (Å²) in [5.41, 5.74) is 2.94. The first-order valence-corrected chi connectivity index (χ1v) is 5.56. The third-order valence-corrected chi connectivity index (χ3v) is 2.92. The van der Waals surface area contributed by atoms with Crippen LogP contribution in [-0.4, -0.2) is 11.4 Å². The van der Waals surface area contributed by atoms with Gasteiger partial charge < -0.3 is 0 Å². The molecular weight excluding hydrogens is 184 g/mol. The van der Waals surface area contributed by atoms with E-state index in [1.165, 1.54) is 11.1 Å². The van der Waals surface area contributed by atoms with Crippen LogP contribution in [0.4, 0.5) is 0 Å². The molecule has 0 fully saturated rings. The smallest absolute Gasteiger partial charge is 0.0621 e. The Labute approximate surface area is 91.1 Å². The monoisotopic (exact) mass is 200 g/mol. The van der Waals surface area contributed by atoms with Crippen molar-refractivity contribution in [2.24, 2.45) is 0 Å². The summed E-state index contributed by atoms with van der Waals surface area (Å²) in [5, 5.41) is 8.44. The zero-order valence-corrected chi connectivity index (χ0v) is 8.95. The highest BCUT2D eigenvalue weighted by Crippen LogP contribution is 2.22. The molecule has 78 valence electrons. The third-order valence-electron chi connectivity index (χ3n) is 2.92. The molecule has 1 aromatic carbocycles. The lowest BCUT2D eigenvalue weighted by atomic mass is 10.1. The minimum Gasteiger partial charge on any atom is -0.295 e. The molecule has 0 aromatic heterocycles. The maximum atomic E-state index is 8.44. The van der Waals surface area contributed by atoms with Crippen molar-refractivity contribution in [1.82, 2.24) is 4.90 Å². The van der Waals surface area contributed by atoms with Crippen molar-refractivity contribution >= 4 is 0 Å². The Balaban J connectivity index is 1.79. The second-order valence-corrected chi connectivity index (χ2v) is 4.09. The molecule has 0 N–H and O–H groups in total. The van der Waals surface area contributed by atoms with Gasteiger partial charge in [-0.2, -0.15) is 5.26 Å². The zero-order valence-electron chi connectivity index (χ0n) is 8.95. The summed E-state index contributed by atoms with van der Waals surface area (Å²) in [5.74, 6) is 0. The van der Waals surface area contributed by atoms with E-state index in [9.17, 15) is 0 Å². The first-order chi connectivity index (χ1) is 7.40.